The fourth-order valence-electron chi connectivity index (χ4n) is 4.94. The number of thiazole rings is 1. The maximum Gasteiger partial charge on any atom is 0.350 e. The lowest BCUT2D eigenvalue weighted by Gasteiger charge is -2.23. The first-order chi connectivity index (χ1) is 19.2. The van der Waals surface area contributed by atoms with Crippen molar-refractivity contribution in [1.82, 2.24) is 4.98 Å². The SMILES string of the molecule is CCCOc1cccc([C@@H]2C(=C(O)c3ccc4c(c3)C[C@@H](C)O4)C(=O)C(=O)N2c2nc(C)c(C(=O)OCC)s2)c1. The summed E-state index contributed by atoms with van der Waals surface area (Å²) < 4.78 is 16.7. The molecule has 1 N–H and O–H groups in total. The summed E-state index contributed by atoms with van der Waals surface area (Å²) in [4.78, 5) is 45.6. The van der Waals surface area contributed by atoms with Crippen molar-refractivity contribution in [3.63, 3.8) is 0 Å². The Balaban J connectivity index is 1.66. The Hall–Kier alpha value is -4.18. The number of aryl methyl sites for hydroxylation is 1. The second-order valence-electron chi connectivity index (χ2n) is 9.68. The predicted octanol–water partition coefficient (Wildman–Crippen LogP) is 5.37. The number of hydrogen-bond donors (Lipinski definition) is 1. The van der Waals surface area contributed by atoms with Gasteiger partial charge < -0.3 is 19.3 Å². The molecule has 1 amide bonds. The highest BCUT2D eigenvalue weighted by atomic mass is 32.1. The number of Topliss-reactive ketones (excluding diaryl/α,β-unsaturated/α-hetero) is 1. The molecule has 2 atom stereocenters. The fourth-order valence-corrected chi connectivity index (χ4v) is 5.92. The zero-order valence-corrected chi connectivity index (χ0v) is 23.5. The first kappa shape index (κ1) is 27.4. The zero-order chi connectivity index (χ0) is 28.6. The van der Waals surface area contributed by atoms with Crippen molar-refractivity contribution < 1.29 is 33.7 Å². The zero-order valence-electron chi connectivity index (χ0n) is 22.7. The Bertz CT molecular complexity index is 1530. The maximum atomic E-state index is 13.6. The molecular weight excluding hydrogens is 532 g/mol. The summed E-state index contributed by atoms with van der Waals surface area (Å²) in [5.74, 6) is -1.26. The third kappa shape index (κ3) is 4.95. The number of nitrogens with zero attached hydrogens (tertiary/aromatic N) is 2. The summed E-state index contributed by atoms with van der Waals surface area (Å²) in [5, 5.41) is 11.7. The Labute approximate surface area is 236 Å². The van der Waals surface area contributed by atoms with Crippen LogP contribution in [0.3, 0.4) is 0 Å². The molecule has 3 heterocycles. The minimum Gasteiger partial charge on any atom is -0.507 e. The van der Waals surface area contributed by atoms with E-state index in [1.54, 1.807) is 56.3 Å². The number of aromatic nitrogens is 1. The van der Waals surface area contributed by atoms with Gasteiger partial charge in [-0.1, -0.05) is 30.4 Å². The van der Waals surface area contributed by atoms with Crippen molar-refractivity contribution in [3.05, 3.63) is 75.3 Å². The Morgan fingerprint density at radius 1 is 1.20 bits per heavy atom. The van der Waals surface area contributed by atoms with Crippen LogP contribution in [0, 0.1) is 6.92 Å². The third-order valence-electron chi connectivity index (χ3n) is 6.71. The van der Waals surface area contributed by atoms with E-state index in [1.807, 2.05) is 13.8 Å². The van der Waals surface area contributed by atoms with E-state index in [0.717, 1.165) is 29.1 Å². The quantitative estimate of drug-likeness (QED) is 0.169. The highest BCUT2D eigenvalue weighted by Crippen LogP contribution is 2.45. The van der Waals surface area contributed by atoms with Crippen LogP contribution in [0.1, 0.15) is 65.3 Å². The number of carbonyl (C=O) groups excluding carboxylic acids is 3. The third-order valence-corrected chi connectivity index (χ3v) is 7.85. The monoisotopic (exact) mass is 562 g/mol. The first-order valence-corrected chi connectivity index (χ1v) is 14.0. The lowest BCUT2D eigenvalue weighted by Crippen LogP contribution is -2.29. The summed E-state index contributed by atoms with van der Waals surface area (Å²) in [7, 11) is 0. The number of rotatable bonds is 8. The fraction of sp³-hybridized carbons (Fsp3) is 0.333. The molecule has 2 aromatic carbocycles. The van der Waals surface area contributed by atoms with Crippen LogP contribution in [-0.4, -0.2) is 47.1 Å². The number of aliphatic hydroxyl groups is 1. The van der Waals surface area contributed by atoms with E-state index < -0.39 is 23.7 Å². The molecule has 10 heteroatoms. The number of hydrogen-bond acceptors (Lipinski definition) is 9. The maximum absolute atomic E-state index is 13.6. The smallest absolute Gasteiger partial charge is 0.350 e. The van der Waals surface area contributed by atoms with Crippen LogP contribution in [0.25, 0.3) is 5.76 Å². The minimum absolute atomic E-state index is 0.00516. The van der Waals surface area contributed by atoms with Gasteiger partial charge in [-0.05, 0) is 68.7 Å². The molecule has 208 valence electrons. The number of anilines is 1. The topological polar surface area (TPSA) is 115 Å². The normalized spacial score (nSPS) is 19.4. The van der Waals surface area contributed by atoms with Gasteiger partial charge in [-0.15, -0.1) is 0 Å². The molecule has 40 heavy (non-hydrogen) atoms. The Morgan fingerprint density at radius 3 is 2.75 bits per heavy atom. The number of fused-ring (bicyclic) bond motifs is 1. The average molecular weight is 563 g/mol. The number of carbonyl (C=O) groups is 3. The van der Waals surface area contributed by atoms with E-state index in [4.69, 9.17) is 14.2 Å². The number of ketones is 1. The van der Waals surface area contributed by atoms with Crippen LogP contribution in [0.2, 0.25) is 0 Å². The second-order valence-corrected chi connectivity index (χ2v) is 10.7. The van der Waals surface area contributed by atoms with Crippen LogP contribution in [0.15, 0.2) is 48.0 Å². The first-order valence-electron chi connectivity index (χ1n) is 13.2. The van der Waals surface area contributed by atoms with E-state index >= 15 is 0 Å². The van der Waals surface area contributed by atoms with E-state index in [2.05, 4.69) is 4.98 Å². The van der Waals surface area contributed by atoms with Crippen LogP contribution >= 0.6 is 11.3 Å². The molecule has 3 aromatic rings. The van der Waals surface area contributed by atoms with Crippen LogP contribution in [0.5, 0.6) is 11.5 Å². The van der Waals surface area contributed by atoms with Gasteiger partial charge in [0.25, 0.3) is 5.78 Å². The highest BCUT2D eigenvalue weighted by molar-refractivity contribution is 7.17. The molecule has 0 bridgehead atoms. The Kier molecular flexibility index (Phi) is 7.62. The van der Waals surface area contributed by atoms with Gasteiger partial charge in [0.1, 0.15) is 28.2 Å². The van der Waals surface area contributed by atoms with E-state index in [1.165, 1.54) is 4.90 Å². The predicted molar refractivity (Wildman–Crippen MR) is 150 cm³/mol. The molecule has 1 saturated heterocycles. The number of benzene rings is 2. The van der Waals surface area contributed by atoms with Crippen molar-refractivity contribution >= 4 is 39.9 Å². The molecule has 1 aromatic heterocycles. The van der Waals surface area contributed by atoms with Gasteiger partial charge in [-0.2, -0.15) is 0 Å². The molecule has 2 aliphatic heterocycles. The molecule has 0 aliphatic carbocycles. The van der Waals surface area contributed by atoms with Crippen molar-refractivity contribution in [1.29, 1.82) is 0 Å². The molecule has 0 unspecified atom stereocenters. The van der Waals surface area contributed by atoms with Gasteiger partial charge >= 0.3 is 11.9 Å². The molecule has 5 rings (SSSR count). The summed E-state index contributed by atoms with van der Waals surface area (Å²) in [6.45, 7) is 7.98. The summed E-state index contributed by atoms with van der Waals surface area (Å²) in [5.41, 5.74) is 2.17. The average Bonchev–Trinajstić information content (AvgIpc) is 3.59. The second kappa shape index (κ2) is 11.1. The van der Waals surface area contributed by atoms with Gasteiger partial charge in [0, 0.05) is 12.0 Å². The summed E-state index contributed by atoms with van der Waals surface area (Å²) in [6, 6.07) is 11.3. The van der Waals surface area contributed by atoms with Gasteiger partial charge in [-0.25, -0.2) is 9.78 Å². The molecule has 1 fully saturated rings. The molecule has 2 aliphatic rings. The van der Waals surface area contributed by atoms with E-state index in [9.17, 15) is 19.5 Å². The van der Waals surface area contributed by atoms with Crippen molar-refractivity contribution in [2.45, 2.75) is 52.7 Å². The molecule has 0 spiro atoms. The Morgan fingerprint density at radius 2 is 2.00 bits per heavy atom. The van der Waals surface area contributed by atoms with E-state index in [0.29, 0.717) is 35.6 Å². The van der Waals surface area contributed by atoms with Gasteiger partial charge in [0.2, 0.25) is 0 Å². The van der Waals surface area contributed by atoms with Crippen LogP contribution in [-0.2, 0) is 20.7 Å². The van der Waals surface area contributed by atoms with Crippen LogP contribution < -0.4 is 14.4 Å². The van der Waals surface area contributed by atoms with Gasteiger partial charge in [0.05, 0.1) is 30.5 Å². The molecule has 0 saturated carbocycles. The standard InChI is InChI=1S/C30H30N2O7S/c1-5-12-38-21-9-7-8-18(15-21)24-23(25(33)19-10-11-22-20(14-19)13-16(3)39-22)26(34)28(35)32(24)30-31-17(4)27(40-30)29(36)37-6-2/h7-11,14-16,24,33H,5-6,12-13H2,1-4H3/t16-,24-/m1/s1. The van der Waals surface area contributed by atoms with E-state index in [-0.39, 0.29) is 34.1 Å². The highest BCUT2D eigenvalue weighted by Gasteiger charge is 2.48. The van der Waals surface area contributed by atoms with Crippen LogP contribution in [0.4, 0.5) is 5.13 Å². The minimum atomic E-state index is -1.01. The largest absolute Gasteiger partial charge is 0.507 e. The number of amides is 1. The lowest BCUT2D eigenvalue weighted by molar-refractivity contribution is -0.132. The van der Waals surface area contributed by atoms with Crippen molar-refractivity contribution in [2.75, 3.05) is 18.1 Å². The van der Waals surface area contributed by atoms with Crippen molar-refractivity contribution in [2.24, 2.45) is 0 Å². The molecule has 0 radical (unpaired) electrons. The molecular formula is C30H30N2O7S. The van der Waals surface area contributed by atoms with Gasteiger partial charge in [0.15, 0.2) is 5.13 Å². The number of esters is 1. The van der Waals surface area contributed by atoms with Crippen molar-refractivity contribution in [3.8, 4) is 11.5 Å². The lowest BCUT2D eigenvalue weighted by atomic mass is 9.94. The molecule has 9 nitrogen and oxygen atoms in total. The summed E-state index contributed by atoms with van der Waals surface area (Å²) in [6.07, 6.45) is 1.48. The summed E-state index contributed by atoms with van der Waals surface area (Å²) >= 11 is 0.968. The number of aliphatic hydroxyl groups excluding tert-OH is 1. The van der Waals surface area contributed by atoms with Gasteiger partial charge in [-0.3, -0.25) is 14.5 Å². The number of ether oxygens (including phenoxy) is 3.